The molecule has 150 valence electrons. The highest BCUT2D eigenvalue weighted by Crippen LogP contribution is 2.12. The highest BCUT2D eigenvalue weighted by atomic mass is 16.5. The topological polar surface area (TPSA) is 79.9 Å². The van der Waals surface area contributed by atoms with Gasteiger partial charge in [0.2, 0.25) is 5.91 Å². The summed E-state index contributed by atoms with van der Waals surface area (Å²) in [6.07, 6.45) is 2.08. The maximum Gasteiger partial charge on any atom is 0.251 e. The molecule has 0 radical (unpaired) electrons. The van der Waals surface area contributed by atoms with E-state index in [1.54, 1.807) is 24.3 Å². The first-order valence-corrected chi connectivity index (χ1v) is 9.69. The van der Waals surface area contributed by atoms with E-state index in [0.717, 1.165) is 51.4 Å². The van der Waals surface area contributed by atoms with Crippen molar-refractivity contribution in [3.05, 3.63) is 29.8 Å². The lowest BCUT2D eigenvalue weighted by molar-refractivity contribution is -0.120. The molecule has 2 rings (SSSR count). The molecule has 7 nitrogen and oxygen atoms in total. The van der Waals surface area contributed by atoms with Gasteiger partial charge in [0, 0.05) is 31.2 Å². The third-order valence-electron chi connectivity index (χ3n) is 4.34. The maximum absolute atomic E-state index is 12.2. The number of hydrogen-bond acceptors (Lipinski definition) is 5. The molecule has 1 saturated heterocycles. The van der Waals surface area contributed by atoms with Gasteiger partial charge in [0.1, 0.15) is 5.75 Å². The Hall–Kier alpha value is -2.12. The van der Waals surface area contributed by atoms with Crippen LogP contribution in [0.3, 0.4) is 0 Å². The molecular formula is C20H31N3O4. The van der Waals surface area contributed by atoms with E-state index < -0.39 is 0 Å². The second-order valence-electron chi connectivity index (χ2n) is 6.79. The van der Waals surface area contributed by atoms with Crippen LogP contribution in [-0.2, 0) is 9.53 Å². The number of hydrogen-bond donors (Lipinski definition) is 2. The van der Waals surface area contributed by atoms with E-state index in [2.05, 4.69) is 22.5 Å². The second-order valence-corrected chi connectivity index (χ2v) is 6.79. The van der Waals surface area contributed by atoms with Crippen LogP contribution in [0.1, 0.15) is 37.0 Å². The molecule has 1 aliphatic rings. The lowest BCUT2D eigenvalue weighted by Crippen LogP contribution is -2.48. The Morgan fingerprint density at radius 3 is 2.59 bits per heavy atom. The number of carbonyl (C=O) groups is 2. The van der Waals surface area contributed by atoms with Gasteiger partial charge in [-0.05, 0) is 37.6 Å². The van der Waals surface area contributed by atoms with Crippen molar-refractivity contribution < 1.29 is 19.1 Å². The standard InChI is InChI=1S/C20H31N3O4/c1-3-4-11-27-18-7-5-17(6-8-18)20(25)21-14-19(24)22-16(2)15-23-9-12-26-13-10-23/h5-8,16H,3-4,9-15H2,1-2H3,(H,21,25)(H,22,24). The van der Waals surface area contributed by atoms with Crippen molar-refractivity contribution in [2.75, 3.05) is 46.0 Å². The fraction of sp³-hybridized carbons (Fsp3) is 0.600. The molecule has 0 aromatic heterocycles. The SMILES string of the molecule is CCCCOc1ccc(C(=O)NCC(=O)NC(C)CN2CCOCC2)cc1. The van der Waals surface area contributed by atoms with E-state index in [4.69, 9.17) is 9.47 Å². The number of amides is 2. The largest absolute Gasteiger partial charge is 0.494 e. The molecule has 1 fully saturated rings. The molecule has 0 aliphatic carbocycles. The summed E-state index contributed by atoms with van der Waals surface area (Å²) in [6, 6.07) is 6.97. The van der Waals surface area contributed by atoms with Gasteiger partial charge in [0.05, 0.1) is 26.4 Å². The van der Waals surface area contributed by atoms with Gasteiger partial charge in [-0.2, -0.15) is 0 Å². The van der Waals surface area contributed by atoms with Gasteiger partial charge < -0.3 is 20.1 Å². The maximum atomic E-state index is 12.2. The normalized spacial score (nSPS) is 15.8. The minimum Gasteiger partial charge on any atom is -0.494 e. The van der Waals surface area contributed by atoms with Crippen LogP contribution in [0.25, 0.3) is 0 Å². The van der Waals surface area contributed by atoms with Gasteiger partial charge in [-0.1, -0.05) is 13.3 Å². The Kier molecular flexibility index (Phi) is 9.07. The average Bonchev–Trinajstić information content (AvgIpc) is 2.67. The van der Waals surface area contributed by atoms with Crippen LogP contribution in [0.4, 0.5) is 0 Å². The van der Waals surface area contributed by atoms with E-state index in [-0.39, 0.29) is 24.4 Å². The van der Waals surface area contributed by atoms with Gasteiger partial charge in [0.15, 0.2) is 0 Å². The van der Waals surface area contributed by atoms with Crippen molar-refractivity contribution in [1.82, 2.24) is 15.5 Å². The highest BCUT2D eigenvalue weighted by Gasteiger charge is 2.15. The summed E-state index contributed by atoms with van der Waals surface area (Å²) in [6.45, 7) is 8.72. The van der Waals surface area contributed by atoms with Crippen LogP contribution < -0.4 is 15.4 Å². The van der Waals surface area contributed by atoms with Crippen molar-refractivity contribution in [2.24, 2.45) is 0 Å². The Balaban J connectivity index is 1.68. The van der Waals surface area contributed by atoms with Gasteiger partial charge >= 0.3 is 0 Å². The van der Waals surface area contributed by atoms with Crippen molar-refractivity contribution in [3.8, 4) is 5.75 Å². The summed E-state index contributed by atoms with van der Waals surface area (Å²) < 4.78 is 10.9. The third kappa shape index (κ3) is 7.97. The fourth-order valence-electron chi connectivity index (χ4n) is 2.84. The van der Waals surface area contributed by atoms with E-state index >= 15 is 0 Å². The molecule has 27 heavy (non-hydrogen) atoms. The van der Waals surface area contributed by atoms with Crippen molar-refractivity contribution in [1.29, 1.82) is 0 Å². The summed E-state index contributed by atoms with van der Waals surface area (Å²) >= 11 is 0. The smallest absolute Gasteiger partial charge is 0.251 e. The van der Waals surface area contributed by atoms with Crippen LogP contribution in [0, 0.1) is 0 Å². The number of ether oxygens (including phenoxy) is 2. The minimum absolute atomic E-state index is 0.0204. The molecule has 2 amide bonds. The number of benzene rings is 1. The number of nitrogens with one attached hydrogen (secondary N) is 2. The van der Waals surface area contributed by atoms with E-state index in [1.165, 1.54) is 0 Å². The molecular weight excluding hydrogens is 346 g/mol. The van der Waals surface area contributed by atoms with E-state index in [0.29, 0.717) is 12.2 Å². The Bertz CT molecular complexity index is 585. The summed E-state index contributed by atoms with van der Waals surface area (Å²) in [5.41, 5.74) is 0.506. The van der Waals surface area contributed by atoms with Crippen LogP contribution in [0.5, 0.6) is 5.75 Å². The van der Waals surface area contributed by atoms with Crippen LogP contribution in [0.2, 0.25) is 0 Å². The average molecular weight is 377 g/mol. The summed E-state index contributed by atoms with van der Waals surface area (Å²) in [5, 5.41) is 5.57. The van der Waals surface area contributed by atoms with Crippen molar-refractivity contribution in [3.63, 3.8) is 0 Å². The first kappa shape index (κ1) is 21.2. The van der Waals surface area contributed by atoms with Gasteiger partial charge in [0.25, 0.3) is 5.91 Å². The minimum atomic E-state index is -0.272. The molecule has 2 N–H and O–H groups in total. The number of carbonyl (C=O) groups excluding carboxylic acids is 2. The van der Waals surface area contributed by atoms with E-state index in [1.807, 2.05) is 6.92 Å². The Morgan fingerprint density at radius 2 is 1.93 bits per heavy atom. The van der Waals surface area contributed by atoms with Crippen molar-refractivity contribution >= 4 is 11.8 Å². The number of morpholine rings is 1. The fourth-order valence-corrected chi connectivity index (χ4v) is 2.84. The summed E-state index contributed by atoms with van der Waals surface area (Å²) in [5.74, 6) is 0.282. The molecule has 0 saturated carbocycles. The monoisotopic (exact) mass is 377 g/mol. The highest BCUT2D eigenvalue weighted by molar-refractivity contribution is 5.96. The Morgan fingerprint density at radius 1 is 1.22 bits per heavy atom. The van der Waals surface area contributed by atoms with Crippen LogP contribution >= 0.6 is 0 Å². The molecule has 0 spiro atoms. The Labute approximate surface area is 161 Å². The van der Waals surface area contributed by atoms with Gasteiger partial charge in [-0.3, -0.25) is 14.5 Å². The predicted octanol–water partition coefficient (Wildman–Crippen LogP) is 1.43. The number of nitrogens with zero attached hydrogens (tertiary/aromatic N) is 1. The zero-order chi connectivity index (χ0) is 19.5. The summed E-state index contributed by atoms with van der Waals surface area (Å²) in [4.78, 5) is 26.5. The molecule has 1 atom stereocenters. The quantitative estimate of drug-likeness (QED) is 0.603. The molecule has 1 aliphatic heterocycles. The van der Waals surface area contributed by atoms with Crippen LogP contribution in [0.15, 0.2) is 24.3 Å². The molecule has 0 bridgehead atoms. The molecule has 7 heteroatoms. The number of unbranched alkanes of at least 4 members (excludes halogenated alkanes) is 1. The second kappa shape index (κ2) is 11.6. The zero-order valence-corrected chi connectivity index (χ0v) is 16.3. The molecule has 1 unspecified atom stereocenters. The molecule has 1 aromatic rings. The molecule has 1 aromatic carbocycles. The zero-order valence-electron chi connectivity index (χ0n) is 16.3. The first-order valence-electron chi connectivity index (χ1n) is 9.69. The summed E-state index contributed by atoms with van der Waals surface area (Å²) in [7, 11) is 0. The van der Waals surface area contributed by atoms with Crippen molar-refractivity contribution in [2.45, 2.75) is 32.7 Å². The van der Waals surface area contributed by atoms with Crippen LogP contribution in [-0.4, -0.2) is 68.8 Å². The van der Waals surface area contributed by atoms with E-state index in [9.17, 15) is 9.59 Å². The lowest BCUT2D eigenvalue weighted by atomic mass is 10.2. The predicted molar refractivity (Wildman–Crippen MR) is 104 cm³/mol. The van der Waals surface area contributed by atoms with Gasteiger partial charge in [-0.25, -0.2) is 0 Å². The van der Waals surface area contributed by atoms with Gasteiger partial charge in [-0.15, -0.1) is 0 Å². The number of rotatable bonds is 10. The lowest BCUT2D eigenvalue weighted by Gasteiger charge is -2.29. The molecule has 1 heterocycles. The third-order valence-corrected chi connectivity index (χ3v) is 4.34. The first-order chi connectivity index (χ1) is 13.1.